The van der Waals surface area contributed by atoms with Crippen LogP contribution in [0.5, 0.6) is 0 Å². The van der Waals surface area contributed by atoms with Crippen LogP contribution in [-0.4, -0.2) is 43.9 Å². The molecule has 2 aromatic heterocycles. The second-order valence-electron chi connectivity index (χ2n) is 5.13. The maximum absolute atomic E-state index is 11.8. The lowest BCUT2D eigenvalue weighted by Gasteiger charge is -2.26. The van der Waals surface area contributed by atoms with Gasteiger partial charge in [-0.05, 0) is 37.8 Å². The van der Waals surface area contributed by atoms with Crippen LogP contribution in [0.2, 0.25) is 0 Å². The van der Waals surface area contributed by atoms with Crippen molar-refractivity contribution in [2.75, 3.05) is 13.2 Å². The first-order valence-electron chi connectivity index (χ1n) is 7.47. The van der Waals surface area contributed by atoms with Crippen molar-refractivity contribution >= 4 is 6.09 Å². The van der Waals surface area contributed by atoms with E-state index in [9.17, 15) is 4.79 Å². The lowest BCUT2D eigenvalue weighted by molar-refractivity contribution is 0.0962. The summed E-state index contributed by atoms with van der Waals surface area (Å²) in [6.07, 6.45) is -0.321. The summed E-state index contributed by atoms with van der Waals surface area (Å²) in [4.78, 5) is 17.7. The molecule has 0 aliphatic carbocycles. The van der Waals surface area contributed by atoms with Gasteiger partial charge in [-0.3, -0.25) is 4.90 Å². The van der Waals surface area contributed by atoms with E-state index in [-0.39, 0.29) is 6.09 Å². The molecule has 0 radical (unpaired) electrons. The Balaban J connectivity index is 1.78. The normalized spacial score (nSPS) is 13.0. The predicted octanol–water partition coefficient (Wildman–Crippen LogP) is 1.35. The van der Waals surface area contributed by atoms with Crippen LogP contribution < -0.4 is 0 Å². The van der Waals surface area contributed by atoms with Crippen molar-refractivity contribution in [3.63, 3.8) is 0 Å². The van der Waals surface area contributed by atoms with Crippen LogP contribution in [0.25, 0.3) is 0 Å². The first-order chi connectivity index (χ1) is 11.2. The van der Waals surface area contributed by atoms with Gasteiger partial charge in [0.25, 0.3) is 0 Å². The smallest absolute Gasteiger partial charge is 0.410 e. The Labute approximate surface area is 134 Å². The molecule has 3 heterocycles. The molecule has 7 nitrogen and oxygen atoms in total. The molecule has 0 unspecified atom stereocenters. The van der Waals surface area contributed by atoms with Crippen molar-refractivity contribution in [1.82, 2.24) is 24.6 Å². The van der Waals surface area contributed by atoms with Gasteiger partial charge in [0, 0.05) is 18.8 Å². The summed E-state index contributed by atoms with van der Waals surface area (Å²) in [7, 11) is 0. The van der Waals surface area contributed by atoms with E-state index in [1.807, 2.05) is 29.7 Å². The molecule has 0 spiro atoms. The van der Waals surface area contributed by atoms with Gasteiger partial charge in [0.1, 0.15) is 5.69 Å². The highest BCUT2D eigenvalue weighted by Gasteiger charge is 2.24. The monoisotopic (exact) mass is 311 g/mol. The first-order valence-corrected chi connectivity index (χ1v) is 7.47. The van der Waals surface area contributed by atoms with Gasteiger partial charge in [-0.15, -0.1) is 10.2 Å². The number of nitrogens with zero attached hydrogens (tertiary/aromatic N) is 5. The zero-order valence-electron chi connectivity index (χ0n) is 13.1. The van der Waals surface area contributed by atoms with Crippen LogP contribution in [0, 0.1) is 18.8 Å². The van der Waals surface area contributed by atoms with Crippen molar-refractivity contribution in [2.45, 2.75) is 26.9 Å². The molecular formula is C16H17N5O2. The number of pyridine rings is 1. The van der Waals surface area contributed by atoms with Gasteiger partial charge in [-0.2, -0.15) is 0 Å². The average Bonchev–Trinajstić information content (AvgIpc) is 2.95. The van der Waals surface area contributed by atoms with Crippen LogP contribution in [0.1, 0.15) is 30.0 Å². The number of hydrogen-bond acceptors (Lipinski definition) is 5. The molecule has 23 heavy (non-hydrogen) atoms. The molecule has 0 saturated carbocycles. The molecule has 1 aliphatic rings. The summed E-state index contributed by atoms with van der Waals surface area (Å²) in [5.74, 6) is 7.31. The Bertz CT molecular complexity index is 787. The number of aromatic nitrogens is 4. The van der Waals surface area contributed by atoms with Crippen LogP contribution in [0.15, 0.2) is 18.2 Å². The van der Waals surface area contributed by atoms with Gasteiger partial charge in [0.15, 0.2) is 5.82 Å². The fourth-order valence-electron chi connectivity index (χ4n) is 2.35. The maximum Gasteiger partial charge on any atom is 0.410 e. The summed E-state index contributed by atoms with van der Waals surface area (Å²) >= 11 is 0. The van der Waals surface area contributed by atoms with E-state index in [4.69, 9.17) is 4.74 Å². The van der Waals surface area contributed by atoms with Gasteiger partial charge in [0.2, 0.25) is 5.82 Å². The summed E-state index contributed by atoms with van der Waals surface area (Å²) in [6, 6.07) is 5.70. The molecule has 0 atom stereocenters. The van der Waals surface area contributed by atoms with E-state index in [0.717, 1.165) is 5.69 Å². The van der Waals surface area contributed by atoms with Crippen molar-refractivity contribution in [2.24, 2.45) is 0 Å². The third kappa shape index (κ3) is 3.31. The molecule has 1 aliphatic heterocycles. The van der Waals surface area contributed by atoms with E-state index < -0.39 is 0 Å². The van der Waals surface area contributed by atoms with Crippen LogP contribution in [0.4, 0.5) is 4.79 Å². The zero-order chi connectivity index (χ0) is 16.2. The molecule has 7 heteroatoms. The SMILES string of the molecule is CCOC(=O)N1CCn2c(C#Cc3cccc(C)n3)nnc2C1. The molecule has 2 aromatic rings. The van der Waals surface area contributed by atoms with Crippen molar-refractivity contribution in [3.05, 3.63) is 41.2 Å². The number of aryl methyl sites for hydroxylation is 1. The topological polar surface area (TPSA) is 73.1 Å². The molecular weight excluding hydrogens is 294 g/mol. The zero-order valence-corrected chi connectivity index (χ0v) is 13.1. The van der Waals surface area contributed by atoms with Crippen molar-refractivity contribution < 1.29 is 9.53 Å². The van der Waals surface area contributed by atoms with Gasteiger partial charge < -0.3 is 9.30 Å². The minimum Gasteiger partial charge on any atom is -0.450 e. The molecule has 0 aromatic carbocycles. The molecule has 0 saturated heterocycles. The summed E-state index contributed by atoms with van der Waals surface area (Å²) < 4.78 is 6.94. The molecule has 118 valence electrons. The van der Waals surface area contributed by atoms with E-state index in [0.29, 0.717) is 43.6 Å². The van der Waals surface area contributed by atoms with Crippen LogP contribution in [-0.2, 0) is 17.8 Å². The first kappa shape index (κ1) is 15.0. The predicted molar refractivity (Wildman–Crippen MR) is 82.4 cm³/mol. The molecule has 0 bridgehead atoms. The third-order valence-corrected chi connectivity index (χ3v) is 3.47. The average molecular weight is 311 g/mol. The Morgan fingerprint density at radius 1 is 1.30 bits per heavy atom. The highest BCUT2D eigenvalue weighted by atomic mass is 16.6. The Hall–Kier alpha value is -2.88. The minimum absolute atomic E-state index is 0.321. The van der Waals surface area contributed by atoms with E-state index in [1.54, 1.807) is 11.8 Å². The standard InChI is InChI=1S/C16H17N5O2/c1-3-23-16(22)20-9-10-21-14(18-19-15(21)11-20)8-7-13-6-4-5-12(2)17-13/h4-6H,3,9-11H2,1-2H3. The fourth-order valence-corrected chi connectivity index (χ4v) is 2.35. The summed E-state index contributed by atoms with van der Waals surface area (Å²) in [6.45, 7) is 5.62. The van der Waals surface area contributed by atoms with Gasteiger partial charge in [-0.1, -0.05) is 6.07 Å². The fraction of sp³-hybridized carbons (Fsp3) is 0.375. The lowest BCUT2D eigenvalue weighted by Crippen LogP contribution is -2.39. The number of rotatable bonds is 1. The number of carbonyl (C=O) groups excluding carboxylic acids is 1. The maximum atomic E-state index is 11.8. The van der Waals surface area contributed by atoms with Crippen molar-refractivity contribution in [3.8, 4) is 11.8 Å². The van der Waals surface area contributed by atoms with Crippen LogP contribution >= 0.6 is 0 Å². The summed E-state index contributed by atoms with van der Waals surface area (Å²) in [5.41, 5.74) is 1.62. The number of ether oxygens (including phenoxy) is 1. The van der Waals surface area contributed by atoms with Gasteiger partial charge in [-0.25, -0.2) is 9.78 Å². The third-order valence-electron chi connectivity index (χ3n) is 3.47. The Kier molecular flexibility index (Phi) is 4.24. The van der Waals surface area contributed by atoms with Gasteiger partial charge in [0.05, 0.1) is 13.2 Å². The second kappa shape index (κ2) is 6.48. The Morgan fingerprint density at radius 3 is 2.96 bits per heavy atom. The summed E-state index contributed by atoms with van der Waals surface area (Å²) in [5, 5.41) is 8.23. The minimum atomic E-state index is -0.321. The molecule has 1 amide bonds. The van der Waals surface area contributed by atoms with E-state index >= 15 is 0 Å². The Morgan fingerprint density at radius 2 is 2.17 bits per heavy atom. The van der Waals surface area contributed by atoms with Crippen LogP contribution in [0.3, 0.4) is 0 Å². The molecule has 3 rings (SSSR count). The largest absolute Gasteiger partial charge is 0.450 e. The number of fused-ring (bicyclic) bond motifs is 1. The van der Waals surface area contributed by atoms with Gasteiger partial charge >= 0.3 is 6.09 Å². The second-order valence-corrected chi connectivity index (χ2v) is 5.13. The quantitative estimate of drug-likeness (QED) is 0.743. The highest BCUT2D eigenvalue weighted by molar-refractivity contribution is 5.67. The van der Waals surface area contributed by atoms with E-state index in [1.165, 1.54) is 0 Å². The number of carbonyl (C=O) groups is 1. The molecule has 0 N–H and O–H groups in total. The number of amides is 1. The van der Waals surface area contributed by atoms with Crippen molar-refractivity contribution in [1.29, 1.82) is 0 Å². The number of hydrogen-bond donors (Lipinski definition) is 0. The van der Waals surface area contributed by atoms with E-state index in [2.05, 4.69) is 27.0 Å². The molecule has 0 fully saturated rings. The lowest BCUT2D eigenvalue weighted by atomic mass is 10.3. The highest BCUT2D eigenvalue weighted by Crippen LogP contribution is 2.13.